The standard InChI is InChI=1S/C23H17NO3/c25-23-20(22(24-27-23)18-11-5-2-6-12-18)15-19-13-7-8-14-21(19)26-16-17-9-3-1-4-10-17/h1-15H,16H2. The smallest absolute Gasteiger partial charge is 0.368 e. The Morgan fingerprint density at radius 2 is 1.52 bits per heavy atom. The first-order valence-corrected chi connectivity index (χ1v) is 8.64. The predicted octanol–water partition coefficient (Wildman–Crippen LogP) is 4.61. The van der Waals surface area contributed by atoms with E-state index in [0.717, 1.165) is 16.7 Å². The summed E-state index contributed by atoms with van der Waals surface area (Å²) in [6.45, 7) is 0.450. The quantitative estimate of drug-likeness (QED) is 0.496. The van der Waals surface area contributed by atoms with E-state index in [1.54, 1.807) is 6.08 Å². The van der Waals surface area contributed by atoms with Gasteiger partial charge in [-0.2, -0.15) is 0 Å². The van der Waals surface area contributed by atoms with E-state index in [-0.39, 0.29) is 0 Å². The third kappa shape index (κ3) is 3.80. The number of carbonyl (C=O) groups excluding carboxylic acids is 1. The van der Waals surface area contributed by atoms with E-state index in [4.69, 9.17) is 9.57 Å². The van der Waals surface area contributed by atoms with Crippen molar-refractivity contribution in [3.05, 3.63) is 107 Å². The van der Waals surface area contributed by atoms with E-state index in [1.165, 1.54) is 0 Å². The van der Waals surface area contributed by atoms with Crippen molar-refractivity contribution in [3.63, 3.8) is 0 Å². The second kappa shape index (κ2) is 7.70. The van der Waals surface area contributed by atoms with E-state index in [9.17, 15) is 4.79 Å². The van der Waals surface area contributed by atoms with Crippen LogP contribution in [-0.2, 0) is 16.2 Å². The lowest BCUT2D eigenvalue weighted by Gasteiger charge is -2.10. The summed E-state index contributed by atoms with van der Waals surface area (Å²) in [6.07, 6.45) is 1.77. The van der Waals surface area contributed by atoms with Gasteiger partial charge in [0.2, 0.25) is 0 Å². The van der Waals surface area contributed by atoms with Gasteiger partial charge in [-0.05, 0) is 17.7 Å². The van der Waals surface area contributed by atoms with Gasteiger partial charge in [-0.3, -0.25) is 0 Å². The van der Waals surface area contributed by atoms with Gasteiger partial charge in [-0.1, -0.05) is 84.0 Å². The molecule has 4 nitrogen and oxygen atoms in total. The van der Waals surface area contributed by atoms with Crippen molar-refractivity contribution in [2.24, 2.45) is 5.16 Å². The van der Waals surface area contributed by atoms with Gasteiger partial charge >= 0.3 is 5.97 Å². The minimum atomic E-state index is -0.466. The molecular weight excluding hydrogens is 338 g/mol. The zero-order chi connectivity index (χ0) is 18.5. The monoisotopic (exact) mass is 355 g/mol. The van der Waals surface area contributed by atoms with Crippen LogP contribution in [0.1, 0.15) is 16.7 Å². The Bertz CT molecular complexity index is 1010. The Morgan fingerprint density at radius 1 is 0.852 bits per heavy atom. The maximum absolute atomic E-state index is 12.2. The van der Waals surface area contributed by atoms with E-state index < -0.39 is 5.97 Å². The number of oxime groups is 1. The lowest BCUT2D eigenvalue weighted by atomic mass is 10.0. The molecule has 0 bridgehead atoms. The average Bonchev–Trinajstić information content (AvgIpc) is 3.09. The van der Waals surface area contributed by atoms with Gasteiger partial charge in [0, 0.05) is 11.1 Å². The molecule has 0 radical (unpaired) electrons. The van der Waals surface area contributed by atoms with E-state index in [0.29, 0.717) is 23.6 Å². The Labute approximate surface area is 157 Å². The summed E-state index contributed by atoms with van der Waals surface area (Å²) in [7, 11) is 0. The third-order valence-corrected chi connectivity index (χ3v) is 4.20. The Hall–Kier alpha value is -3.66. The predicted molar refractivity (Wildman–Crippen MR) is 104 cm³/mol. The number of hydrogen-bond acceptors (Lipinski definition) is 4. The molecule has 0 saturated carbocycles. The lowest BCUT2D eigenvalue weighted by Crippen LogP contribution is -2.07. The van der Waals surface area contributed by atoms with Crippen molar-refractivity contribution in [1.29, 1.82) is 0 Å². The SMILES string of the molecule is O=C1ON=C(c2ccccc2)C1=Cc1ccccc1OCc1ccccc1. The number of hydrogen-bond donors (Lipinski definition) is 0. The zero-order valence-corrected chi connectivity index (χ0v) is 14.5. The average molecular weight is 355 g/mol. The summed E-state index contributed by atoms with van der Waals surface area (Å²) in [6, 6.07) is 27.0. The second-order valence-corrected chi connectivity index (χ2v) is 6.05. The van der Waals surface area contributed by atoms with E-state index >= 15 is 0 Å². The molecular formula is C23H17NO3. The van der Waals surface area contributed by atoms with Crippen LogP contribution in [0.4, 0.5) is 0 Å². The summed E-state index contributed by atoms with van der Waals surface area (Å²) in [5.41, 5.74) is 3.64. The molecule has 0 aliphatic carbocycles. The molecule has 4 heteroatoms. The molecule has 0 N–H and O–H groups in total. The molecule has 27 heavy (non-hydrogen) atoms. The van der Waals surface area contributed by atoms with Crippen molar-refractivity contribution in [3.8, 4) is 5.75 Å². The van der Waals surface area contributed by atoms with Gasteiger partial charge in [0.25, 0.3) is 0 Å². The fraction of sp³-hybridized carbons (Fsp3) is 0.0435. The molecule has 0 spiro atoms. The largest absolute Gasteiger partial charge is 0.488 e. The van der Waals surface area contributed by atoms with Gasteiger partial charge in [0.15, 0.2) is 0 Å². The number of rotatable bonds is 5. The van der Waals surface area contributed by atoms with Gasteiger partial charge in [-0.15, -0.1) is 0 Å². The maximum atomic E-state index is 12.2. The number of ether oxygens (including phenoxy) is 1. The third-order valence-electron chi connectivity index (χ3n) is 4.20. The van der Waals surface area contributed by atoms with Crippen molar-refractivity contribution in [1.82, 2.24) is 0 Å². The number of benzene rings is 3. The minimum absolute atomic E-state index is 0.414. The van der Waals surface area contributed by atoms with Crippen LogP contribution in [0.3, 0.4) is 0 Å². The molecule has 0 amide bonds. The fourth-order valence-electron chi connectivity index (χ4n) is 2.84. The first-order valence-electron chi connectivity index (χ1n) is 8.64. The highest BCUT2D eigenvalue weighted by atomic mass is 16.7. The molecule has 1 aliphatic rings. The summed E-state index contributed by atoms with van der Waals surface area (Å²) < 4.78 is 5.97. The van der Waals surface area contributed by atoms with Crippen LogP contribution < -0.4 is 4.74 Å². The van der Waals surface area contributed by atoms with Crippen molar-refractivity contribution in [2.45, 2.75) is 6.61 Å². The fourth-order valence-corrected chi connectivity index (χ4v) is 2.84. The second-order valence-electron chi connectivity index (χ2n) is 6.05. The highest BCUT2D eigenvalue weighted by Crippen LogP contribution is 2.26. The Balaban J connectivity index is 1.63. The molecule has 1 aliphatic heterocycles. The van der Waals surface area contributed by atoms with Gasteiger partial charge < -0.3 is 9.57 Å². The number of para-hydroxylation sites is 1. The molecule has 132 valence electrons. The van der Waals surface area contributed by atoms with Crippen LogP contribution >= 0.6 is 0 Å². The summed E-state index contributed by atoms with van der Waals surface area (Å²) in [4.78, 5) is 17.1. The highest BCUT2D eigenvalue weighted by Gasteiger charge is 2.27. The highest BCUT2D eigenvalue weighted by molar-refractivity contribution is 6.31. The van der Waals surface area contributed by atoms with E-state index in [2.05, 4.69) is 5.16 Å². The van der Waals surface area contributed by atoms with Gasteiger partial charge in [0.05, 0.1) is 5.57 Å². The van der Waals surface area contributed by atoms with Crippen LogP contribution in [0.2, 0.25) is 0 Å². The molecule has 1 heterocycles. The number of nitrogens with zero attached hydrogens (tertiary/aromatic N) is 1. The number of carbonyl (C=O) groups is 1. The van der Waals surface area contributed by atoms with Crippen LogP contribution in [0.25, 0.3) is 6.08 Å². The normalized spacial score (nSPS) is 14.7. The molecule has 0 aromatic heterocycles. The minimum Gasteiger partial charge on any atom is -0.488 e. The molecule has 0 saturated heterocycles. The molecule has 0 fully saturated rings. The Kier molecular flexibility index (Phi) is 4.79. The van der Waals surface area contributed by atoms with E-state index in [1.807, 2.05) is 84.9 Å². The van der Waals surface area contributed by atoms with Gasteiger partial charge in [0.1, 0.15) is 18.1 Å². The molecule has 3 aromatic carbocycles. The van der Waals surface area contributed by atoms with Crippen LogP contribution in [0, 0.1) is 0 Å². The van der Waals surface area contributed by atoms with Crippen molar-refractivity contribution < 1.29 is 14.4 Å². The van der Waals surface area contributed by atoms with Gasteiger partial charge in [-0.25, -0.2) is 4.79 Å². The molecule has 3 aromatic rings. The lowest BCUT2D eigenvalue weighted by molar-refractivity contribution is -0.136. The topological polar surface area (TPSA) is 47.9 Å². The summed E-state index contributed by atoms with van der Waals surface area (Å²) in [5, 5.41) is 3.95. The molecule has 0 unspecified atom stereocenters. The van der Waals surface area contributed by atoms with Crippen molar-refractivity contribution in [2.75, 3.05) is 0 Å². The van der Waals surface area contributed by atoms with Crippen molar-refractivity contribution >= 4 is 17.8 Å². The molecule has 4 rings (SSSR count). The zero-order valence-electron chi connectivity index (χ0n) is 14.5. The first-order chi connectivity index (χ1) is 13.3. The summed E-state index contributed by atoms with van der Waals surface area (Å²) in [5.74, 6) is 0.229. The first kappa shape index (κ1) is 16.8. The summed E-state index contributed by atoms with van der Waals surface area (Å²) >= 11 is 0. The van der Waals surface area contributed by atoms with Crippen LogP contribution in [-0.4, -0.2) is 11.7 Å². The molecule has 0 atom stereocenters. The maximum Gasteiger partial charge on any atom is 0.368 e. The van der Waals surface area contributed by atoms with Crippen LogP contribution in [0.5, 0.6) is 5.75 Å². The van der Waals surface area contributed by atoms with Crippen LogP contribution in [0.15, 0.2) is 95.7 Å². The Morgan fingerprint density at radius 3 is 2.30 bits per heavy atom.